The molecule has 1 fully saturated rings. The van der Waals surface area contributed by atoms with Crippen LogP contribution in [0.25, 0.3) is 32.5 Å². The quantitative estimate of drug-likeness (QED) is 0.303. The van der Waals surface area contributed by atoms with Gasteiger partial charge in [0.05, 0.1) is 28.1 Å². The molecule has 0 spiro atoms. The van der Waals surface area contributed by atoms with Crippen LogP contribution in [0.1, 0.15) is 61.5 Å². The first-order chi connectivity index (χ1) is 15.6. The molecule has 1 aliphatic rings. The molecule has 6 nitrogen and oxygen atoms in total. The summed E-state index contributed by atoms with van der Waals surface area (Å²) in [5.41, 5.74) is 5.77. The van der Waals surface area contributed by atoms with Crippen molar-refractivity contribution >= 4 is 32.5 Å². The zero-order chi connectivity index (χ0) is 22.3. The van der Waals surface area contributed by atoms with Gasteiger partial charge in [-0.05, 0) is 68.0 Å². The molecule has 0 aliphatic carbocycles. The lowest BCUT2D eigenvalue weighted by atomic mass is 9.85. The molecule has 1 aliphatic heterocycles. The second kappa shape index (κ2) is 8.63. The van der Waals surface area contributed by atoms with E-state index in [2.05, 4.69) is 39.7 Å². The van der Waals surface area contributed by atoms with Crippen molar-refractivity contribution < 1.29 is 9.84 Å². The average Bonchev–Trinajstić information content (AvgIpc) is 3.51. The number of aliphatic hydroxyl groups is 1. The van der Waals surface area contributed by atoms with Crippen molar-refractivity contribution in [2.24, 2.45) is 0 Å². The summed E-state index contributed by atoms with van der Waals surface area (Å²) in [5, 5.41) is 23.8. The summed E-state index contributed by atoms with van der Waals surface area (Å²) in [4.78, 5) is 4.91. The second-order valence-corrected chi connectivity index (χ2v) is 10.0. The van der Waals surface area contributed by atoms with E-state index in [0.717, 1.165) is 58.6 Å². The molecule has 5 rings (SSSR count). The van der Waals surface area contributed by atoms with E-state index in [0.29, 0.717) is 25.4 Å². The second-order valence-electron chi connectivity index (χ2n) is 8.90. The molecule has 0 atom stereocenters. The number of aromatic nitrogens is 3. The Balaban J connectivity index is 1.70. The van der Waals surface area contributed by atoms with Crippen LogP contribution in [0, 0.1) is 0 Å². The Bertz CT molecular complexity index is 1230. The van der Waals surface area contributed by atoms with Gasteiger partial charge in [0, 0.05) is 22.9 Å². The van der Waals surface area contributed by atoms with E-state index in [-0.39, 0.29) is 0 Å². The SMILES string of the molecule is CCC(O)(CC)c1ccc2c(C3CCNCC3)c(-c3n[nH]c4cc(COC)sc34)[nH]c2c1. The van der Waals surface area contributed by atoms with E-state index < -0.39 is 5.60 Å². The summed E-state index contributed by atoms with van der Waals surface area (Å²) in [7, 11) is 1.73. The summed E-state index contributed by atoms with van der Waals surface area (Å²) in [6.45, 7) is 6.77. The number of thiophene rings is 1. The molecule has 0 radical (unpaired) electrons. The van der Waals surface area contributed by atoms with Gasteiger partial charge in [-0.25, -0.2) is 0 Å². The van der Waals surface area contributed by atoms with Crippen molar-refractivity contribution in [1.29, 1.82) is 0 Å². The van der Waals surface area contributed by atoms with Crippen LogP contribution in [-0.2, 0) is 16.9 Å². The highest BCUT2D eigenvalue weighted by atomic mass is 32.1. The molecule has 170 valence electrons. The number of ether oxygens (including phenoxy) is 1. The summed E-state index contributed by atoms with van der Waals surface area (Å²) >= 11 is 1.74. The average molecular weight is 453 g/mol. The Morgan fingerprint density at radius 1 is 1.16 bits per heavy atom. The molecule has 0 saturated carbocycles. The van der Waals surface area contributed by atoms with Gasteiger partial charge in [-0.15, -0.1) is 11.3 Å². The Morgan fingerprint density at radius 3 is 2.66 bits per heavy atom. The molecule has 4 heterocycles. The van der Waals surface area contributed by atoms with E-state index >= 15 is 0 Å². The summed E-state index contributed by atoms with van der Waals surface area (Å²) < 4.78 is 6.51. The smallest absolute Gasteiger partial charge is 0.126 e. The maximum absolute atomic E-state index is 11.1. The van der Waals surface area contributed by atoms with Crippen LogP contribution in [-0.4, -0.2) is 40.5 Å². The van der Waals surface area contributed by atoms with Gasteiger partial charge in [0.25, 0.3) is 0 Å². The number of hydrogen-bond donors (Lipinski definition) is 4. The lowest BCUT2D eigenvalue weighted by molar-refractivity contribution is 0.0285. The van der Waals surface area contributed by atoms with Gasteiger partial charge in [-0.1, -0.05) is 26.0 Å². The number of methoxy groups -OCH3 is 1. The number of H-pyrrole nitrogens is 2. The minimum absolute atomic E-state index is 0.479. The highest BCUT2D eigenvalue weighted by molar-refractivity contribution is 7.19. The molecule has 0 bridgehead atoms. The van der Waals surface area contributed by atoms with Gasteiger partial charge in [0.15, 0.2) is 0 Å². The number of fused-ring (bicyclic) bond motifs is 2. The van der Waals surface area contributed by atoms with Gasteiger partial charge in [-0.2, -0.15) is 5.10 Å². The van der Waals surface area contributed by atoms with Crippen LogP contribution < -0.4 is 5.32 Å². The lowest BCUT2D eigenvalue weighted by Gasteiger charge is -2.26. The molecule has 1 saturated heterocycles. The van der Waals surface area contributed by atoms with Gasteiger partial charge >= 0.3 is 0 Å². The number of benzene rings is 1. The van der Waals surface area contributed by atoms with Crippen LogP contribution >= 0.6 is 11.3 Å². The fourth-order valence-electron chi connectivity index (χ4n) is 5.14. The van der Waals surface area contributed by atoms with Crippen molar-refractivity contribution in [3.8, 4) is 11.4 Å². The van der Waals surface area contributed by atoms with Gasteiger partial charge < -0.3 is 20.1 Å². The van der Waals surface area contributed by atoms with Crippen molar-refractivity contribution in [2.75, 3.05) is 20.2 Å². The zero-order valence-electron chi connectivity index (χ0n) is 19.0. The summed E-state index contributed by atoms with van der Waals surface area (Å²) in [5.74, 6) is 0.479. The minimum atomic E-state index is -0.795. The van der Waals surface area contributed by atoms with Gasteiger partial charge in [0.2, 0.25) is 0 Å². The predicted octanol–water partition coefficient (Wildman–Crippen LogP) is 5.39. The number of nitrogens with zero attached hydrogens (tertiary/aromatic N) is 1. The van der Waals surface area contributed by atoms with Crippen molar-refractivity contribution in [2.45, 2.75) is 57.7 Å². The fourth-order valence-corrected chi connectivity index (χ4v) is 6.21. The number of aromatic amines is 2. The van der Waals surface area contributed by atoms with Gasteiger partial charge in [0.1, 0.15) is 5.69 Å². The monoisotopic (exact) mass is 452 g/mol. The first kappa shape index (κ1) is 21.6. The standard InChI is InChI=1S/C25H32N4O2S/c1-4-25(30,5-2)16-6-7-18-19(12-16)27-22(21(18)15-8-10-26-11-9-15)23-24-20(28-29-23)13-17(32-24)14-31-3/h6-7,12-13,15,26-27,30H,4-5,8-11,14H2,1-3H3,(H,28,29). The van der Waals surface area contributed by atoms with E-state index in [4.69, 9.17) is 9.84 Å². The number of piperidine rings is 1. The Hall–Kier alpha value is -2.19. The van der Waals surface area contributed by atoms with Crippen LogP contribution in [0.4, 0.5) is 0 Å². The largest absolute Gasteiger partial charge is 0.385 e. The molecule has 0 amide bonds. The third kappa shape index (κ3) is 3.57. The fraction of sp³-hybridized carbons (Fsp3) is 0.480. The number of rotatable bonds is 7. The first-order valence-electron chi connectivity index (χ1n) is 11.6. The molecule has 1 aromatic carbocycles. The van der Waals surface area contributed by atoms with Crippen LogP contribution in [0.5, 0.6) is 0 Å². The first-order valence-corrected chi connectivity index (χ1v) is 12.4. The molecular formula is C25H32N4O2S. The van der Waals surface area contributed by atoms with E-state index in [1.807, 2.05) is 13.8 Å². The number of nitrogens with one attached hydrogen (secondary N) is 3. The maximum atomic E-state index is 11.1. The molecule has 4 N–H and O–H groups in total. The highest BCUT2D eigenvalue weighted by Gasteiger charge is 2.29. The molecule has 0 unspecified atom stereocenters. The molecule has 7 heteroatoms. The van der Waals surface area contributed by atoms with Crippen molar-refractivity contribution in [3.63, 3.8) is 0 Å². The third-order valence-corrected chi connectivity index (χ3v) is 8.22. The summed E-state index contributed by atoms with van der Waals surface area (Å²) in [6.07, 6.45) is 3.62. The Labute approximate surface area is 192 Å². The molecular weight excluding hydrogens is 420 g/mol. The third-order valence-electron chi connectivity index (χ3n) is 7.10. The van der Waals surface area contributed by atoms with Crippen LogP contribution in [0.15, 0.2) is 24.3 Å². The Kier molecular flexibility index (Phi) is 5.84. The van der Waals surface area contributed by atoms with Crippen molar-refractivity contribution in [1.82, 2.24) is 20.5 Å². The predicted molar refractivity (Wildman–Crippen MR) is 131 cm³/mol. The van der Waals surface area contributed by atoms with Crippen LogP contribution in [0.3, 0.4) is 0 Å². The topological polar surface area (TPSA) is 86.0 Å². The van der Waals surface area contributed by atoms with Gasteiger partial charge in [-0.3, -0.25) is 5.10 Å². The van der Waals surface area contributed by atoms with Crippen LogP contribution in [0.2, 0.25) is 0 Å². The Morgan fingerprint density at radius 2 is 1.94 bits per heavy atom. The minimum Gasteiger partial charge on any atom is -0.385 e. The maximum Gasteiger partial charge on any atom is 0.126 e. The highest BCUT2D eigenvalue weighted by Crippen LogP contribution is 2.43. The van der Waals surface area contributed by atoms with E-state index in [1.54, 1.807) is 18.4 Å². The van der Waals surface area contributed by atoms with E-state index in [1.165, 1.54) is 15.8 Å². The molecule has 32 heavy (non-hydrogen) atoms. The molecule has 4 aromatic rings. The normalized spacial score (nSPS) is 15.9. The van der Waals surface area contributed by atoms with Crippen molar-refractivity contribution in [3.05, 3.63) is 40.3 Å². The molecule has 3 aromatic heterocycles. The lowest BCUT2D eigenvalue weighted by Crippen LogP contribution is -2.26. The zero-order valence-corrected chi connectivity index (χ0v) is 19.9. The van der Waals surface area contributed by atoms with E-state index in [9.17, 15) is 5.11 Å². The summed E-state index contributed by atoms with van der Waals surface area (Å²) in [6, 6.07) is 8.59. The number of hydrogen-bond acceptors (Lipinski definition) is 5.